The molecule has 0 aliphatic rings. The first-order chi connectivity index (χ1) is 14.4. The highest BCUT2D eigenvalue weighted by Gasteiger charge is 2.27. The lowest BCUT2D eigenvalue weighted by molar-refractivity contribution is -0.118. The molecule has 152 valence electrons. The van der Waals surface area contributed by atoms with E-state index in [0.29, 0.717) is 21.7 Å². The molecule has 6 nitrogen and oxygen atoms in total. The number of H-pyrrole nitrogens is 1. The van der Waals surface area contributed by atoms with E-state index in [2.05, 4.69) is 10.3 Å². The molecule has 1 aromatic heterocycles. The normalized spacial score (nSPS) is 11.4. The first-order valence-corrected chi connectivity index (χ1v) is 10.9. The summed E-state index contributed by atoms with van der Waals surface area (Å²) in [5.74, 6) is 0.104. The van der Waals surface area contributed by atoms with Crippen molar-refractivity contribution < 1.29 is 17.9 Å². The predicted molar refractivity (Wildman–Crippen MR) is 116 cm³/mol. The van der Waals surface area contributed by atoms with E-state index in [4.69, 9.17) is 16.3 Å². The fourth-order valence-corrected chi connectivity index (χ4v) is 4.82. The number of benzene rings is 3. The third-order valence-corrected chi connectivity index (χ3v) is 6.50. The number of carbonyl (C=O) groups excluding carboxylic acids is 1. The van der Waals surface area contributed by atoms with Gasteiger partial charge in [-0.3, -0.25) is 4.79 Å². The highest BCUT2D eigenvalue weighted by Crippen LogP contribution is 2.36. The molecule has 2 N–H and O–H groups in total. The second kappa shape index (κ2) is 8.22. The maximum atomic E-state index is 13.4. The zero-order valence-electron chi connectivity index (χ0n) is 15.6. The van der Waals surface area contributed by atoms with Crippen molar-refractivity contribution in [3.63, 3.8) is 0 Å². The van der Waals surface area contributed by atoms with Gasteiger partial charge in [0.05, 0.1) is 4.90 Å². The summed E-state index contributed by atoms with van der Waals surface area (Å²) in [5, 5.41) is 3.40. The molecule has 0 aliphatic heterocycles. The number of anilines is 1. The molecule has 1 amide bonds. The van der Waals surface area contributed by atoms with Crippen LogP contribution < -0.4 is 10.1 Å². The minimum absolute atomic E-state index is 0.0424. The van der Waals surface area contributed by atoms with Gasteiger partial charge in [0.15, 0.2) is 6.61 Å². The van der Waals surface area contributed by atoms with Crippen LogP contribution in [0.15, 0.2) is 88.7 Å². The molecule has 0 bridgehead atoms. The van der Waals surface area contributed by atoms with Crippen LogP contribution in [0.4, 0.5) is 5.82 Å². The third-order valence-electron chi connectivity index (χ3n) is 4.41. The van der Waals surface area contributed by atoms with E-state index in [1.54, 1.807) is 60.7 Å². The number of hydrogen-bond donors (Lipinski definition) is 2. The van der Waals surface area contributed by atoms with Gasteiger partial charge in [-0.25, -0.2) is 8.42 Å². The molecule has 0 radical (unpaired) electrons. The first kappa shape index (κ1) is 20.0. The topological polar surface area (TPSA) is 88.3 Å². The van der Waals surface area contributed by atoms with Gasteiger partial charge < -0.3 is 15.0 Å². The van der Waals surface area contributed by atoms with Crippen molar-refractivity contribution in [2.75, 3.05) is 11.9 Å². The predicted octanol–water partition coefficient (Wildman–Crippen LogP) is 4.67. The number of amides is 1. The van der Waals surface area contributed by atoms with Crippen molar-refractivity contribution in [2.45, 2.75) is 9.79 Å². The lowest BCUT2D eigenvalue weighted by atomic mass is 10.2. The molecule has 0 saturated heterocycles. The summed E-state index contributed by atoms with van der Waals surface area (Å²) >= 11 is 6.10. The largest absolute Gasteiger partial charge is 0.484 e. The first-order valence-electron chi connectivity index (χ1n) is 9.04. The monoisotopic (exact) mass is 440 g/mol. The van der Waals surface area contributed by atoms with Crippen LogP contribution in [0.25, 0.3) is 10.9 Å². The van der Waals surface area contributed by atoms with Gasteiger partial charge in [-0.1, -0.05) is 48.0 Å². The van der Waals surface area contributed by atoms with Crippen LogP contribution >= 0.6 is 11.6 Å². The number of carbonyl (C=O) groups is 1. The molecule has 0 atom stereocenters. The number of ether oxygens (including phenoxy) is 1. The summed E-state index contributed by atoms with van der Waals surface area (Å²) in [6, 6.07) is 21.7. The summed E-state index contributed by atoms with van der Waals surface area (Å²) in [5.41, 5.74) is 0.535. The van der Waals surface area contributed by atoms with Crippen molar-refractivity contribution in [2.24, 2.45) is 0 Å². The van der Waals surface area contributed by atoms with Gasteiger partial charge in [0.1, 0.15) is 16.5 Å². The minimum atomic E-state index is -3.93. The van der Waals surface area contributed by atoms with Crippen LogP contribution in [0.5, 0.6) is 5.75 Å². The summed E-state index contributed by atoms with van der Waals surface area (Å²) in [6.45, 7) is -0.273. The summed E-state index contributed by atoms with van der Waals surface area (Å²) in [6.07, 6.45) is 0. The Labute approximate surface area is 178 Å². The van der Waals surface area contributed by atoms with Gasteiger partial charge in [-0.2, -0.15) is 0 Å². The quantitative estimate of drug-likeness (QED) is 0.456. The van der Waals surface area contributed by atoms with Crippen molar-refractivity contribution >= 4 is 44.1 Å². The Morgan fingerprint density at radius 1 is 0.967 bits per heavy atom. The zero-order chi connectivity index (χ0) is 21.1. The second-order valence-corrected chi connectivity index (χ2v) is 8.81. The molecule has 4 aromatic rings. The zero-order valence-corrected chi connectivity index (χ0v) is 17.2. The van der Waals surface area contributed by atoms with Gasteiger partial charge in [0.25, 0.3) is 5.91 Å². The summed E-state index contributed by atoms with van der Waals surface area (Å²) in [4.78, 5) is 15.5. The lowest BCUT2D eigenvalue weighted by Crippen LogP contribution is -2.21. The van der Waals surface area contributed by atoms with Crippen LogP contribution in [0.3, 0.4) is 0 Å². The fraction of sp³-hybridized carbons (Fsp3) is 0.0455. The van der Waals surface area contributed by atoms with Gasteiger partial charge in [-0.15, -0.1) is 0 Å². The van der Waals surface area contributed by atoms with Crippen LogP contribution in [0.2, 0.25) is 5.02 Å². The standard InChI is InChI=1S/C22H17ClN2O4S/c23-15-11-12-19-18(13-15)21(30(27,28)17-9-5-2-6-10-17)22(24-19)25-20(26)14-29-16-7-3-1-4-8-16/h1-13,24H,14H2,(H,25,26). The van der Waals surface area contributed by atoms with Crippen LogP contribution in [0, 0.1) is 0 Å². The SMILES string of the molecule is O=C(COc1ccccc1)Nc1[nH]c2ccc(Cl)cc2c1S(=O)(=O)c1ccccc1. The number of halogens is 1. The number of hydrogen-bond acceptors (Lipinski definition) is 4. The van der Waals surface area contributed by atoms with Gasteiger partial charge in [-0.05, 0) is 42.5 Å². The molecule has 0 aliphatic carbocycles. The van der Waals surface area contributed by atoms with Crippen molar-refractivity contribution in [3.05, 3.63) is 83.9 Å². The molecule has 0 saturated carbocycles. The highest BCUT2D eigenvalue weighted by atomic mass is 35.5. The van der Waals surface area contributed by atoms with E-state index in [0.717, 1.165) is 0 Å². The Bertz CT molecular complexity index is 1300. The second-order valence-electron chi connectivity index (χ2n) is 6.49. The van der Waals surface area contributed by atoms with Crippen molar-refractivity contribution in [1.29, 1.82) is 0 Å². The van der Waals surface area contributed by atoms with Gasteiger partial charge in [0, 0.05) is 15.9 Å². The molecule has 8 heteroatoms. The Morgan fingerprint density at radius 2 is 1.63 bits per heavy atom. The molecule has 1 heterocycles. The third kappa shape index (κ3) is 4.03. The molecule has 30 heavy (non-hydrogen) atoms. The molecule has 0 unspecified atom stereocenters. The maximum Gasteiger partial charge on any atom is 0.263 e. The number of aromatic nitrogens is 1. The highest BCUT2D eigenvalue weighted by molar-refractivity contribution is 7.92. The molecule has 4 rings (SSSR count). The van der Waals surface area contributed by atoms with E-state index in [1.165, 1.54) is 12.1 Å². The summed E-state index contributed by atoms with van der Waals surface area (Å²) < 4.78 is 32.2. The fourth-order valence-electron chi connectivity index (χ4n) is 3.07. The number of rotatable bonds is 6. The minimum Gasteiger partial charge on any atom is -0.484 e. The number of fused-ring (bicyclic) bond motifs is 1. The Morgan fingerprint density at radius 3 is 2.33 bits per heavy atom. The van der Waals surface area contributed by atoms with E-state index in [1.807, 2.05) is 6.07 Å². The molecule has 0 fully saturated rings. The molecule has 0 spiro atoms. The van der Waals surface area contributed by atoms with E-state index < -0.39 is 15.7 Å². The van der Waals surface area contributed by atoms with E-state index in [9.17, 15) is 13.2 Å². The number of para-hydroxylation sites is 1. The number of nitrogens with one attached hydrogen (secondary N) is 2. The lowest BCUT2D eigenvalue weighted by Gasteiger charge is -2.09. The van der Waals surface area contributed by atoms with Crippen LogP contribution in [0.1, 0.15) is 0 Å². The molecule has 3 aromatic carbocycles. The van der Waals surface area contributed by atoms with Crippen LogP contribution in [-0.2, 0) is 14.6 Å². The summed E-state index contributed by atoms with van der Waals surface area (Å²) in [7, 11) is -3.93. The van der Waals surface area contributed by atoms with Gasteiger partial charge >= 0.3 is 0 Å². The number of sulfone groups is 1. The Balaban J connectivity index is 1.71. The number of aromatic amines is 1. The average molecular weight is 441 g/mol. The van der Waals surface area contributed by atoms with E-state index >= 15 is 0 Å². The van der Waals surface area contributed by atoms with Crippen LogP contribution in [-0.4, -0.2) is 25.9 Å². The van der Waals surface area contributed by atoms with Crippen molar-refractivity contribution in [1.82, 2.24) is 4.98 Å². The Hall–Kier alpha value is -3.29. The smallest absolute Gasteiger partial charge is 0.263 e. The van der Waals surface area contributed by atoms with Crippen molar-refractivity contribution in [3.8, 4) is 5.75 Å². The average Bonchev–Trinajstić information content (AvgIpc) is 3.11. The van der Waals surface area contributed by atoms with E-state index in [-0.39, 0.29) is 22.2 Å². The van der Waals surface area contributed by atoms with Gasteiger partial charge in [0.2, 0.25) is 9.84 Å². The maximum absolute atomic E-state index is 13.4. The Kier molecular flexibility index (Phi) is 5.48. The molecular formula is C22H17ClN2O4S. The molecular weight excluding hydrogens is 424 g/mol.